The van der Waals surface area contributed by atoms with Crippen molar-refractivity contribution in [3.8, 4) is 0 Å². The summed E-state index contributed by atoms with van der Waals surface area (Å²) in [6.07, 6.45) is 4.36. The lowest BCUT2D eigenvalue weighted by Crippen LogP contribution is -2.41. The Morgan fingerprint density at radius 2 is 2.00 bits per heavy atom. The molecule has 1 fully saturated rings. The fourth-order valence-corrected chi connectivity index (χ4v) is 2.75. The minimum atomic E-state index is -0.0403. The first-order valence-electron chi connectivity index (χ1n) is 7.48. The number of aromatic nitrogens is 1. The number of carbonyl (C=O) groups excluding carboxylic acids is 1. The van der Waals surface area contributed by atoms with Gasteiger partial charge in [-0.3, -0.25) is 9.69 Å². The van der Waals surface area contributed by atoms with Crippen LogP contribution in [0, 0.1) is 0 Å². The van der Waals surface area contributed by atoms with Crippen LogP contribution in [0.25, 0.3) is 0 Å². The number of nitrogen functional groups attached to an aromatic ring is 1. The lowest BCUT2D eigenvalue weighted by molar-refractivity contribution is 0.0929. The second-order valence-corrected chi connectivity index (χ2v) is 5.96. The SMILES string of the molecule is CC(CNC(=O)c1cc(N)cn1C(C)C)N1CCCC1. The third kappa shape index (κ3) is 3.33. The van der Waals surface area contributed by atoms with Crippen molar-refractivity contribution in [2.24, 2.45) is 0 Å². The second-order valence-electron chi connectivity index (χ2n) is 5.96. The standard InChI is InChI=1S/C15H26N4O/c1-11(2)19-10-13(16)8-14(19)15(20)17-9-12(3)18-6-4-5-7-18/h8,10-12H,4-7,9,16H2,1-3H3,(H,17,20). The lowest BCUT2D eigenvalue weighted by Gasteiger charge is -2.24. The van der Waals surface area contributed by atoms with Crippen LogP contribution in [0.15, 0.2) is 12.3 Å². The van der Waals surface area contributed by atoms with Gasteiger partial charge in [-0.05, 0) is 52.8 Å². The third-order valence-electron chi connectivity index (χ3n) is 3.98. The molecule has 0 aliphatic carbocycles. The first-order chi connectivity index (χ1) is 9.49. The maximum Gasteiger partial charge on any atom is 0.268 e. The molecular formula is C15H26N4O. The summed E-state index contributed by atoms with van der Waals surface area (Å²) in [5.74, 6) is -0.0403. The van der Waals surface area contributed by atoms with Crippen molar-refractivity contribution in [2.45, 2.75) is 45.7 Å². The van der Waals surface area contributed by atoms with Gasteiger partial charge in [-0.1, -0.05) is 0 Å². The third-order valence-corrected chi connectivity index (χ3v) is 3.98. The second kappa shape index (κ2) is 6.31. The summed E-state index contributed by atoms with van der Waals surface area (Å²) < 4.78 is 1.92. The van der Waals surface area contributed by atoms with Gasteiger partial charge in [0.2, 0.25) is 0 Å². The molecule has 0 spiro atoms. The Hall–Kier alpha value is -1.49. The van der Waals surface area contributed by atoms with E-state index in [9.17, 15) is 4.79 Å². The minimum Gasteiger partial charge on any atom is -0.397 e. The summed E-state index contributed by atoms with van der Waals surface area (Å²) in [6, 6.07) is 2.36. The van der Waals surface area contributed by atoms with E-state index in [0.29, 0.717) is 24.0 Å². The number of anilines is 1. The zero-order chi connectivity index (χ0) is 14.7. The molecule has 0 radical (unpaired) electrons. The van der Waals surface area contributed by atoms with Crippen LogP contribution < -0.4 is 11.1 Å². The zero-order valence-electron chi connectivity index (χ0n) is 12.7. The normalized spacial score (nSPS) is 17.6. The van der Waals surface area contributed by atoms with Gasteiger partial charge in [0.1, 0.15) is 5.69 Å². The van der Waals surface area contributed by atoms with Crippen molar-refractivity contribution in [3.05, 3.63) is 18.0 Å². The lowest BCUT2D eigenvalue weighted by atomic mass is 10.2. The molecule has 1 aliphatic rings. The molecular weight excluding hydrogens is 252 g/mol. The molecule has 2 heterocycles. The van der Waals surface area contributed by atoms with Crippen LogP contribution in [-0.4, -0.2) is 41.1 Å². The summed E-state index contributed by atoms with van der Waals surface area (Å²) >= 11 is 0. The molecule has 1 unspecified atom stereocenters. The van der Waals surface area contributed by atoms with E-state index in [1.807, 2.05) is 24.6 Å². The largest absolute Gasteiger partial charge is 0.397 e. The summed E-state index contributed by atoms with van der Waals surface area (Å²) in [7, 11) is 0. The molecule has 0 aromatic carbocycles. The maximum atomic E-state index is 12.3. The summed E-state index contributed by atoms with van der Waals surface area (Å²) in [4.78, 5) is 14.7. The Morgan fingerprint density at radius 1 is 1.35 bits per heavy atom. The van der Waals surface area contributed by atoms with Crippen LogP contribution in [0.2, 0.25) is 0 Å². The number of carbonyl (C=O) groups is 1. The first-order valence-corrected chi connectivity index (χ1v) is 7.48. The quantitative estimate of drug-likeness (QED) is 0.864. The molecule has 5 heteroatoms. The van der Waals surface area contributed by atoms with E-state index in [1.165, 1.54) is 12.8 Å². The topological polar surface area (TPSA) is 63.3 Å². The fourth-order valence-electron chi connectivity index (χ4n) is 2.75. The van der Waals surface area contributed by atoms with Gasteiger partial charge in [-0.25, -0.2) is 0 Å². The summed E-state index contributed by atoms with van der Waals surface area (Å²) in [6.45, 7) is 9.23. The molecule has 1 aromatic rings. The van der Waals surface area contributed by atoms with Crippen molar-refractivity contribution in [2.75, 3.05) is 25.4 Å². The van der Waals surface area contributed by atoms with Gasteiger partial charge in [0.25, 0.3) is 5.91 Å². The number of hydrogen-bond donors (Lipinski definition) is 2. The van der Waals surface area contributed by atoms with Gasteiger partial charge in [-0.15, -0.1) is 0 Å². The minimum absolute atomic E-state index is 0.0403. The highest BCUT2D eigenvalue weighted by molar-refractivity contribution is 5.93. The van der Waals surface area contributed by atoms with E-state index in [-0.39, 0.29) is 11.9 Å². The van der Waals surface area contributed by atoms with Crippen LogP contribution in [-0.2, 0) is 0 Å². The molecule has 112 valence electrons. The Morgan fingerprint density at radius 3 is 2.60 bits per heavy atom. The van der Waals surface area contributed by atoms with E-state index in [0.717, 1.165) is 13.1 Å². The number of nitrogens with two attached hydrogens (primary N) is 1. The van der Waals surface area contributed by atoms with Gasteiger partial charge >= 0.3 is 0 Å². The summed E-state index contributed by atoms with van der Waals surface area (Å²) in [5.41, 5.74) is 7.08. The highest BCUT2D eigenvalue weighted by Crippen LogP contribution is 2.16. The maximum absolute atomic E-state index is 12.3. The van der Waals surface area contributed by atoms with Gasteiger partial charge in [0.15, 0.2) is 0 Å². The number of likely N-dealkylation sites (tertiary alicyclic amines) is 1. The predicted octanol–water partition coefficient (Wildman–Crippen LogP) is 1.87. The average molecular weight is 278 g/mol. The van der Waals surface area contributed by atoms with E-state index in [2.05, 4.69) is 17.1 Å². The van der Waals surface area contributed by atoms with E-state index < -0.39 is 0 Å². The molecule has 5 nitrogen and oxygen atoms in total. The van der Waals surface area contributed by atoms with Crippen molar-refractivity contribution >= 4 is 11.6 Å². The molecule has 1 saturated heterocycles. The molecule has 1 aliphatic heterocycles. The van der Waals surface area contributed by atoms with Crippen molar-refractivity contribution in [1.82, 2.24) is 14.8 Å². The van der Waals surface area contributed by atoms with E-state index in [4.69, 9.17) is 5.73 Å². The van der Waals surface area contributed by atoms with Gasteiger partial charge < -0.3 is 15.6 Å². The zero-order valence-corrected chi connectivity index (χ0v) is 12.7. The summed E-state index contributed by atoms with van der Waals surface area (Å²) in [5, 5.41) is 3.03. The Balaban J connectivity index is 1.94. The fraction of sp³-hybridized carbons (Fsp3) is 0.667. The number of nitrogens with zero attached hydrogens (tertiary/aromatic N) is 2. The number of rotatable bonds is 5. The molecule has 3 N–H and O–H groups in total. The van der Waals surface area contributed by atoms with Crippen LogP contribution >= 0.6 is 0 Å². The van der Waals surface area contributed by atoms with Gasteiger partial charge in [-0.2, -0.15) is 0 Å². The average Bonchev–Trinajstić information content (AvgIpc) is 3.04. The Labute approximate surface area is 121 Å². The Bertz CT molecular complexity index is 460. The molecule has 20 heavy (non-hydrogen) atoms. The van der Waals surface area contributed by atoms with Crippen LogP contribution in [0.5, 0.6) is 0 Å². The number of nitrogens with one attached hydrogen (secondary N) is 1. The molecule has 0 bridgehead atoms. The number of hydrogen-bond acceptors (Lipinski definition) is 3. The molecule has 2 rings (SSSR count). The van der Waals surface area contributed by atoms with Gasteiger partial charge in [0.05, 0.1) is 5.69 Å². The number of amides is 1. The molecule has 1 aromatic heterocycles. The molecule has 1 amide bonds. The van der Waals surface area contributed by atoms with Crippen LogP contribution in [0.3, 0.4) is 0 Å². The Kier molecular flexibility index (Phi) is 4.70. The van der Waals surface area contributed by atoms with Crippen molar-refractivity contribution in [3.63, 3.8) is 0 Å². The smallest absolute Gasteiger partial charge is 0.268 e. The molecule has 0 saturated carbocycles. The predicted molar refractivity (Wildman–Crippen MR) is 81.8 cm³/mol. The van der Waals surface area contributed by atoms with E-state index >= 15 is 0 Å². The molecule has 1 atom stereocenters. The van der Waals surface area contributed by atoms with Crippen molar-refractivity contribution < 1.29 is 4.79 Å². The van der Waals surface area contributed by atoms with Gasteiger partial charge in [0, 0.05) is 24.8 Å². The monoisotopic (exact) mass is 278 g/mol. The highest BCUT2D eigenvalue weighted by atomic mass is 16.1. The van der Waals surface area contributed by atoms with Crippen LogP contribution in [0.1, 0.15) is 50.1 Å². The van der Waals surface area contributed by atoms with Crippen LogP contribution in [0.4, 0.5) is 5.69 Å². The van der Waals surface area contributed by atoms with Crippen molar-refractivity contribution in [1.29, 1.82) is 0 Å². The highest BCUT2D eigenvalue weighted by Gasteiger charge is 2.20. The first kappa shape index (κ1) is 14.9. The van der Waals surface area contributed by atoms with E-state index in [1.54, 1.807) is 6.07 Å².